The molecule has 2 fully saturated rings. The number of benzene rings is 1. The number of hydrogen-bond acceptors (Lipinski definition) is 2. The van der Waals surface area contributed by atoms with Crippen LogP contribution < -0.4 is 4.74 Å². The van der Waals surface area contributed by atoms with Crippen molar-refractivity contribution in [1.29, 1.82) is 0 Å². The van der Waals surface area contributed by atoms with E-state index < -0.39 is 5.60 Å². The molecule has 110 valence electrons. The van der Waals surface area contributed by atoms with Crippen molar-refractivity contribution in [1.82, 2.24) is 0 Å². The fourth-order valence-electron chi connectivity index (χ4n) is 4.91. The largest absolute Gasteiger partial charge is 0.496 e. The van der Waals surface area contributed by atoms with E-state index in [-0.39, 0.29) is 10.8 Å². The summed E-state index contributed by atoms with van der Waals surface area (Å²) < 4.78 is 5.47. The number of fused-ring (bicyclic) bond motifs is 2. The molecule has 0 spiro atoms. The zero-order valence-electron chi connectivity index (χ0n) is 13.1. The van der Waals surface area contributed by atoms with Gasteiger partial charge in [0.15, 0.2) is 0 Å². The van der Waals surface area contributed by atoms with Crippen LogP contribution in [0.1, 0.15) is 45.6 Å². The minimum absolute atomic E-state index is 0.0269. The maximum Gasteiger partial charge on any atom is 0.122 e. The molecular weight excluding hydrogens is 248 g/mol. The van der Waals surface area contributed by atoms with Crippen molar-refractivity contribution >= 4 is 0 Å². The highest BCUT2D eigenvalue weighted by atomic mass is 16.5. The van der Waals surface area contributed by atoms with Crippen molar-refractivity contribution < 1.29 is 9.84 Å². The quantitative estimate of drug-likeness (QED) is 0.908. The van der Waals surface area contributed by atoms with Crippen LogP contribution in [0.15, 0.2) is 24.3 Å². The van der Waals surface area contributed by atoms with Gasteiger partial charge in [0.2, 0.25) is 0 Å². The van der Waals surface area contributed by atoms with E-state index in [0.717, 1.165) is 24.2 Å². The Morgan fingerprint density at radius 3 is 2.55 bits per heavy atom. The molecule has 0 amide bonds. The van der Waals surface area contributed by atoms with E-state index in [1.54, 1.807) is 7.11 Å². The Morgan fingerprint density at radius 2 is 1.95 bits per heavy atom. The lowest BCUT2D eigenvalue weighted by molar-refractivity contribution is -0.142. The molecule has 2 heteroatoms. The Kier molecular flexibility index (Phi) is 2.95. The summed E-state index contributed by atoms with van der Waals surface area (Å²) in [4.78, 5) is 0. The first kappa shape index (κ1) is 13.9. The fraction of sp³-hybridized carbons (Fsp3) is 0.667. The Labute approximate surface area is 122 Å². The van der Waals surface area contributed by atoms with Crippen molar-refractivity contribution in [3.05, 3.63) is 29.8 Å². The smallest absolute Gasteiger partial charge is 0.122 e. The third-order valence-electron chi connectivity index (χ3n) is 6.47. The van der Waals surface area contributed by atoms with Gasteiger partial charge in [0.25, 0.3) is 0 Å². The summed E-state index contributed by atoms with van der Waals surface area (Å²) in [5.41, 5.74) is 0.500. The molecule has 0 heterocycles. The number of methoxy groups -OCH3 is 1. The highest BCUT2D eigenvalue weighted by Crippen LogP contribution is 2.68. The van der Waals surface area contributed by atoms with Gasteiger partial charge in [-0.3, -0.25) is 0 Å². The molecule has 2 bridgehead atoms. The molecule has 3 unspecified atom stereocenters. The van der Waals surface area contributed by atoms with Crippen LogP contribution in [-0.4, -0.2) is 17.8 Å². The second-order valence-electron chi connectivity index (χ2n) is 7.57. The molecule has 2 aliphatic rings. The molecule has 0 saturated heterocycles. The van der Waals surface area contributed by atoms with Crippen molar-refractivity contribution in [2.45, 2.75) is 52.1 Å². The fourth-order valence-corrected chi connectivity index (χ4v) is 4.91. The van der Waals surface area contributed by atoms with Crippen LogP contribution in [0.25, 0.3) is 0 Å². The van der Waals surface area contributed by atoms with Crippen molar-refractivity contribution in [3.8, 4) is 5.75 Å². The van der Waals surface area contributed by atoms with Crippen LogP contribution in [0.4, 0.5) is 0 Å². The van der Waals surface area contributed by atoms with E-state index in [0.29, 0.717) is 12.3 Å². The lowest BCUT2D eigenvalue weighted by atomic mass is 9.58. The average molecular weight is 274 g/mol. The highest BCUT2D eigenvalue weighted by Gasteiger charge is 2.68. The van der Waals surface area contributed by atoms with E-state index in [1.807, 2.05) is 18.2 Å². The van der Waals surface area contributed by atoms with Crippen LogP contribution in [0.2, 0.25) is 0 Å². The summed E-state index contributed by atoms with van der Waals surface area (Å²) in [6, 6.07) is 8.09. The maximum absolute atomic E-state index is 11.6. The first-order valence-corrected chi connectivity index (χ1v) is 7.68. The molecule has 1 N–H and O–H groups in total. The second-order valence-corrected chi connectivity index (χ2v) is 7.57. The van der Waals surface area contributed by atoms with E-state index in [4.69, 9.17) is 4.74 Å². The van der Waals surface area contributed by atoms with Gasteiger partial charge in [-0.25, -0.2) is 0 Å². The van der Waals surface area contributed by atoms with Gasteiger partial charge in [-0.1, -0.05) is 39.0 Å². The summed E-state index contributed by atoms with van der Waals surface area (Å²) in [7, 11) is 1.70. The molecule has 2 nitrogen and oxygen atoms in total. The molecule has 1 aromatic carbocycles. The van der Waals surface area contributed by atoms with Gasteiger partial charge in [-0.2, -0.15) is 0 Å². The normalized spacial score (nSPS) is 38.1. The molecule has 3 atom stereocenters. The Balaban J connectivity index is 2.00. The summed E-state index contributed by atoms with van der Waals surface area (Å²) in [6.45, 7) is 6.77. The second kappa shape index (κ2) is 4.24. The summed E-state index contributed by atoms with van der Waals surface area (Å²) in [5.74, 6) is 1.54. The topological polar surface area (TPSA) is 29.5 Å². The summed E-state index contributed by atoms with van der Waals surface area (Å²) >= 11 is 0. The number of aliphatic hydroxyl groups is 1. The number of para-hydroxylation sites is 1. The monoisotopic (exact) mass is 274 g/mol. The minimum Gasteiger partial charge on any atom is -0.496 e. The molecule has 20 heavy (non-hydrogen) atoms. The predicted molar refractivity (Wildman–Crippen MR) is 80.9 cm³/mol. The van der Waals surface area contributed by atoms with Crippen LogP contribution in [-0.2, 0) is 6.42 Å². The van der Waals surface area contributed by atoms with Crippen LogP contribution >= 0.6 is 0 Å². The number of hydrogen-bond donors (Lipinski definition) is 1. The van der Waals surface area contributed by atoms with Gasteiger partial charge in [0.05, 0.1) is 12.7 Å². The molecule has 1 aromatic rings. The number of rotatable bonds is 3. The molecule has 0 aliphatic heterocycles. The van der Waals surface area contributed by atoms with Gasteiger partial charge in [0.1, 0.15) is 5.75 Å². The zero-order chi connectivity index (χ0) is 14.6. The minimum atomic E-state index is -0.641. The van der Waals surface area contributed by atoms with Crippen molar-refractivity contribution in [2.75, 3.05) is 7.11 Å². The molecule has 0 aromatic heterocycles. The van der Waals surface area contributed by atoms with Crippen LogP contribution in [0.5, 0.6) is 5.75 Å². The first-order chi connectivity index (χ1) is 9.34. The van der Waals surface area contributed by atoms with E-state index in [2.05, 4.69) is 26.8 Å². The third kappa shape index (κ3) is 1.60. The van der Waals surface area contributed by atoms with Crippen LogP contribution in [0.3, 0.4) is 0 Å². The van der Waals surface area contributed by atoms with Gasteiger partial charge < -0.3 is 9.84 Å². The van der Waals surface area contributed by atoms with Crippen LogP contribution in [0, 0.1) is 16.7 Å². The maximum atomic E-state index is 11.6. The third-order valence-corrected chi connectivity index (χ3v) is 6.47. The highest BCUT2D eigenvalue weighted by molar-refractivity contribution is 5.36. The summed E-state index contributed by atoms with van der Waals surface area (Å²) in [5, 5.41) is 11.6. The lowest BCUT2D eigenvalue weighted by Crippen LogP contribution is -2.55. The molecule has 2 aliphatic carbocycles. The van der Waals surface area contributed by atoms with Gasteiger partial charge in [-0.05, 0) is 47.6 Å². The average Bonchev–Trinajstić information content (AvgIpc) is 2.88. The SMILES string of the molecule is COc1ccccc1CC1(O)C2(C)CCC(C2)C1(C)C. The molecule has 0 radical (unpaired) electrons. The predicted octanol–water partition coefficient (Wildman–Crippen LogP) is 3.82. The molecular formula is C18H26O2. The Hall–Kier alpha value is -1.02. The van der Waals surface area contributed by atoms with E-state index >= 15 is 0 Å². The summed E-state index contributed by atoms with van der Waals surface area (Å²) in [6.07, 6.45) is 4.26. The zero-order valence-corrected chi connectivity index (χ0v) is 13.1. The number of ether oxygens (including phenoxy) is 1. The van der Waals surface area contributed by atoms with Gasteiger partial charge >= 0.3 is 0 Å². The van der Waals surface area contributed by atoms with Gasteiger partial charge in [-0.15, -0.1) is 0 Å². The molecule has 2 saturated carbocycles. The Morgan fingerprint density at radius 1 is 1.25 bits per heavy atom. The lowest BCUT2D eigenvalue weighted by Gasteiger charge is -2.51. The standard InChI is InChI=1S/C18H26O2/c1-16(2)14-9-10-17(3,12-14)18(16,19)11-13-7-5-6-8-15(13)20-4/h5-8,14,19H,9-12H2,1-4H3. The van der Waals surface area contributed by atoms with Crippen molar-refractivity contribution in [2.24, 2.45) is 16.7 Å². The first-order valence-electron chi connectivity index (χ1n) is 7.68. The van der Waals surface area contributed by atoms with E-state index in [9.17, 15) is 5.11 Å². The molecule has 3 rings (SSSR count). The Bertz CT molecular complexity index is 515. The van der Waals surface area contributed by atoms with Crippen molar-refractivity contribution in [3.63, 3.8) is 0 Å². The van der Waals surface area contributed by atoms with Gasteiger partial charge in [0, 0.05) is 6.42 Å². The van der Waals surface area contributed by atoms with E-state index in [1.165, 1.54) is 6.42 Å².